The van der Waals surface area contributed by atoms with Gasteiger partial charge in [-0.15, -0.1) is 0 Å². The van der Waals surface area contributed by atoms with E-state index in [2.05, 4.69) is 4.98 Å². The van der Waals surface area contributed by atoms with Crippen molar-refractivity contribution >= 4 is 16.1 Å². The summed E-state index contributed by atoms with van der Waals surface area (Å²) in [5, 5.41) is 0. The quantitative estimate of drug-likeness (QED) is 0.770. The van der Waals surface area contributed by atoms with Gasteiger partial charge in [-0.3, -0.25) is 4.98 Å². The van der Waals surface area contributed by atoms with E-state index in [4.69, 9.17) is 4.74 Å². The lowest BCUT2D eigenvalue weighted by Gasteiger charge is -2.35. The largest absolute Gasteiger partial charge is 0.444 e. The molecular formula is C17H25F2N3O4S. The van der Waals surface area contributed by atoms with E-state index in [-0.39, 0.29) is 43.2 Å². The number of carbonyl (C=O) groups is 1. The van der Waals surface area contributed by atoms with Crippen LogP contribution in [0.15, 0.2) is 17.0 Å². The molecule has 1 aromatic rings. The molecule has 0 unspecified atom stereocenters. The van der Waals surface area contributed by atoms with Crippen molar-refractivity contribution in [2.75, 3.05) is 26.2 Å². The van der Waals surface area contributed by atoms with Crippen molar-refractivity contribution in [1.29, 1.82) is 0 Å². The summed E-state index contributed by atoms with van der Waals surface area (Å²) in [6, 6.07) is 2.22. The van der Waals surface area contributed by atoms with Gasteiger partial charge in [0.1, 0.15) is 16.2 Å². The monoisotopic (exact) mass is 405 g/mol. The average molecular weight is 405 g/mol. The zero-order valence-electron chi connectivity index (χ0n) is 15.9. The summed E-state index contributed by atoms with van der Waals surface area (Å²) in [5.74, 6) is 0. The fourth-order valence-electron chi connectivity index (χ4n) is 2.69. The number of amides is 1. The molecule has 0 spiro atoms. The maximum atomic E-state index is 12.9. The van der Waals surface area contributed by atoms with Crippen LogP contribution in [0.4, 0.5) is 13.6 Å². The Hall–Kier alpha value is -1.81. The molecule has 0 saturated carbocycles. The van der Waals surface area contributed by atoms with Gasteiger partial charge >= 0.3 is 6.09 Å². The van der Waals surface area contributed by atoms with E-state index in [1.807, 2.05) is 0 Å². The highest BCUT2D eigenvalue weighted by Crippen LogP contribution is 2.25. The van der Waals surface area contributed by atoms with E-state index in [1.54, 1.807) is 27.7 Å². The van der Waals surface area contributed by atoms with Gasteiger partial charge in [0.15, 0.2) is 0 Å². The molecule has 10 heteroatoms. The predicted octanol–water partition coefficient (Wildman–Crippen LogP) is 2.82. The van der Waals surface area contributed by atoms with E-state index in [1.165, 1.54) is 15.3 Å². The van der Waals surface area contributed by atoms with Crippen LogP contribution in [-0.4, -0.2) is 60.5 Å². The number of alkyl halides is 2. The number of hydrogen-bond acceptors (Lipinski definition) is 5. The van der Waals surface area contributed by atoms with Gasteiger partial charge in [-0.2, -0.15) is 4.31 Å². The number of ether oxygens (including phenoxy) is 1. The molecule has 0 aliphatic carbocycles. The van der Waals surface area contributed by atoms with E-state index >= 15 is 0 Å². The molecule has 0 N–H and O–H groups in total. The Balaban J connectivity index is 2.14. The van der Waals surface area contributed by atoms with Crippen LogP contribution in [0.3, 0.4) is 0 Å². The lowest BCUT2D eigenvalue weighted by atomic mass is 10.2. The van der Waals surface area contributed by atoms with E-state index in [0.717, 1.165) is 6.07 Å². The summed E-state index contributed by atoms with van der Waals surface area (Å²) in [4.78, 5) is 17.3. The van der Waals surface area contributed by atoms with Gasteiger partial charge in [-0.05, 0) is 39.3 Å². The number of halogens is 2. The molecule has 0 aromatic carbocycles. The Morgan fingerprint density at radius 2 is 1.81 bits per heavy atom. The Labute approximate surface area is 158 Å². The minimum atomic E-state index is -3.88. The van der Waals surface area contributed by atoms with Crippen molar-refractivity contribution < 1.29 is 26.7 Å². The van der Waals surface area contributed by atoms with Gasteiger partial charge in [-0.25, -0.2) is 22.0 Å². The van der Waals surface area contributed by atoms with Crippen molar-refractivity contribution in [3.8, 4) is 0 Å². The van der Waals surface area contributed by atoms with Crippen LogP contribution >= 0.6 is 0 Å². The van der Waals surface area contributed by atoms with Crippen LogP contribution in [-0.2, 0) is 21.2 Å². The van der Waals surface area contributed by atoms with Crippen molar-refractivity contribution in [3.05, 3.63) is 23.5 Å². The smallest absolute Gasteiger partial charge is 0.410 e. The normalized spacial score (nSPS) is 16.6. The van der Waals surface area contributed by atoms with Gasteiger partial charge < -0.3 is 9.64 Å². The number of pyridine rings is 1. The molecule has 1 fully saturated rings. The highest BCUT2D eigenvalue weighted by Gasteiger charge is 2.33. The Kier molecular flexibility index (Phi) is 6.41. The second-order valence-electron chi connectivity index (χ2n) is 7.21. The van der Waals surface area contributed by atoms with Gasteiger partial charge in [0.25, 0.3) is 6.43 Å². The van der Waals surface area contributed by atoms with E-state index in [0.29, 0.717) is 0 Å². The molecule has 2 rings (SSSR count). The maximum absolute atomic E-state index is 12.9. The number of carbonyl (C=O) groups excluding carboxylic acids is 1. The first-order valence-electron chi connectivity index (χ1n) is 8.71. The summed E-state index contributed by atoms with van der Waals surface area (Å²) in [5.41, 5.74) is -0.961. The highest BCUT2D eigenvalue weighted by molar-refractivity contribution is 7.89. The van der Waals surface area contributed by atoms with E-state index in [9.17, 15) is 22.0 Å². The molecular weight excluding hydrogens is 380 g/mol. The zero-order chi connectivity index (χ0) is 20.4. The van der Waals surface area contributed by atoms with Crippen molar-refractivity contribution in [1.82, 2.24) is 14.2 Å². The first-order chi connectivity index (χ1) is 12.5. The minimum absolute atomic E-state index is 0.0693. The average Bonchev–Trinajstić information content (AvgIpc) is 2.59. The fourth-order valence-corrected chi connectivity index (χ4v) is 4.34. The molecule has 1 aliphatic heterocycles. The van der Waals surface area contributed by atoms with Gasteiger partial charge in [-0.1, -0.05) is 6.92 Å². The van der Waals surface area contributed by atoms with Crippen LogP contribution < -0.4 is 0 Å². The van der Waals surface area contributed by atoms with Crippen LogP contribution in [0.25, 0.3) is 0 Å². The summed E-state index contributed by atoms with van der Waals surface area (Å²) in [7, 11) is -3.88. The summed E-state index contributed by atoms with van der Waals surface area (Å²) < 4.78 is 58.0. The van der Waals surface area contributed by atoms with Gasteiger partial charge in [0.05, 0.1) is 5.69 Å². The fraction of sp³-hybridized carbons (Fsp3) is 0.647. The number of piperazine rings is 1. The second-order valence-corrected chi connectivity index (χ2v) is 9.11. The molecule has 0 bridgehead atoms. The van der Waals surface area contributed by atoms with Crippen LogP contribution in [0, 0.1) is 0 Å². The topological polar surface area (TPSA) is 79.8 Å². The number of nitrogens with zero attached hydrogens (tertiary/aromatic N) is 3. The molecule has 152 valence electrons. The third-order valence-electron chi connectivity index (χ3n) is 4.02. The maximum Gasteiger partial charge on any atom is 0.410 e. The van der Waals surface area contributed by atoms with Crippen molar-refractivity contribution in [2.45, 2.75) is 51.0 Å². The number of sulfonamides is 1. The third kappa shape index (κ3) is 5.13. The molecule has 0 atom stereocenters. The molecule has 27 heavy (non-hydrogen) atoms. The lowest BCUT2D eigenvalue weighted by Crippen LogP contribution is -2.51. The SMILES string of the molecule is CCc1nc(C(F)F)ccc1S(=O)(=O)N1CCN(C(=O)OC(C)(C)C)CC1. The highest BCUT2D eigenvalue weighted by atomic mass is 32.2. The Morgan fingerprint density at radius 3 is 2.30 bits per heavy atom. The van der Waals surface area contributed by atoms with Gasteiger partial charge in [0, 0.05) is 26.2 Å². The van der Waals surface area contributed by atoms with Crippen LogP contribution in [0.2, 0.25) is 0 Å². The van der Waals surface area contributed by atoms with Crippen molar-refractivity contribution in [3.63, 3.8) is 0 Å². The van der Waals surface area contributed by atoms with Gasteiger partial charge in [0.2, 0.25) is 10.0 Å². The number of aromatic nitrogens is 1. The standard InChI is InChI=1S/C17H25F2N3O4S/c1-5-12-14(7-6-13(20-12)15(18)19)27(24,25)22-10-8-21(9-11-22)16(23)26-17(2,3)4/h6-7,15H,5,8-11H2,1-4H3. The first-order valence-corrected chi connectivity index (χ1v) is 10.2. The summed E-state index contributed by atoms with van der Waals surface area (Å²) in [6.45, 7) is 7.52. The van der Waals surface area contributed by atoms with Crippen LogP contribution in [0.1, 0.15) is 45.5 Å². The number of rotatable bonds is 4. The predicted molar refractivity (Wildman–Crippen MR) is 95.1 cm³/mol. The van der Waals surface area contributed by atoms with E-state index < -0.39 is 33.8 Å². The molecule has 2 heterocycles. The lowest BCUT2D eigenvalue weighted by molar-refractivity contribution is 0.0192. The number of hydrogen-bond donors (Lipinski definition) is 0. The molecule has 1 aromatic heterocycles. The second kappa shape index (κ2) is 8.05. The third-order valence-corrected chi connectivity index (χ3v) is 5.99. The zero-order valence-corrected chi connectivity index (χ0v) is 16.7. The molecule has 1 amide bonds. The molecule has 7 nitrogen and oxygen atoms in total. The Morgan fingerprint density at radius 1 is 1.22 bits per heavy atom. The van der Waals surface area contributed by atoms with Crippen LogP contribution in [0.5, 0.6) is 0 Å². The Bertz CT molecular complexity index is 786. The molecule has 1 aliphatic rings. The molecule has 0 radical (unpaired) electrons. The van der Waals surface area contributed by atoms with Crippen molar-refractivity contribution in [2.24, 2.45) is 0 Å². The minimum Gasteiger partial charge on any atom is -0.444 e. The molecule has 1 saturated heterocycles. The summed E-state index contributed by atoms with van der Waals surface area (Å²) >= 11 is 0. The summed E-state index contributed by atoms with van der Waals surface area (Å²) in [6.07, 6.45) is -3.03. The number of aryl methyl sites for hydroxylation is 1. The first kappa shape index (κ1) is 21.5.